The zero-order valence-electron chi connectivity index (χ0n) is 6.55. The van der Waals surface area contributed by atoms with E-state index in [0.29, 0.717) is 19.4 Å². The SMILES string of the molecule is NC(=O)NCCCC(N)C(=O)Cl. The topological polar surface area (TPSA) is 98.2 Å². The fourth-order valence-corrected chi connectivity index (χ4v) is 0.756. The van der Waals surface area contributed by atoms with Crippen molar-refractivity contribution < 1.29 is 9.59 Å². The molecule has 6 heteroatoms. The van der Waals surface area contributed by atoms with Crippen molar-refractivity contribution in [2.75, 3.05) is 6.54 Å². The molecule has 0 aromatic heterocycles. The predicted molar refractivity (Wildman–Crippen MR) is 45.7 cm³/mol. The summed E-state index contributed by atoms with van der Waals surface area (Å²) in [4.78, 5) is 20.6. The van der Waals surface area contributed by atoms with Gasteiger partial charge in [0.15, 0.2) is 0 Å². The van der Waals surface area contributed by atoms with Crippen LogP contribution in [0.2, 0.25) is 0 Å². The molecule has 0 bridgehead atoms. The Morgan fingerprint density at radius 3 is 2.50 bits per heavy atom. The molecule has 0 fully saturated rings. The Kier molecular flexibility index (Phi) is 5.40. The highest BCUT2D eigenvalue weighted by Crippen LogP contribution is 1.97. The van der Waals surface area contributed by atoms with Crippen LogP contribution in [-0.4, -0.2) is 23.9 Å². The smallest absolute Gasteiger partial charge is 0.312 e. The van der Waals surface area contributed by atoms with E-state index in [1.54, 1.807) is 0 Å². The zero-order chi connectivity index (χ0) is 9.56. The molecule has 0 spiro atoms. The number of hydrogen-bond acceptors (Lipinski definition) is 3. The second kappa shape index (κ2) is 5.79. The van der Waals surface area contributed by atoms with Crippen LogP contribution >= 0.6 is 11.6 Å². The first-order valence-corrected chi connectivity index (χ1v) is 3.90. The largest absolute Gasteiger partial charge is 0.352 e. The van der Waals surface area contributed by atoms with E-state index in [2.05, 4.69) is 5.32 Å². The fourth-order valence-electron chi connectivity index (χ4n) is 0.647. The lowest BCUT2D eigenvalue weighted by molar-refractivity contribution is -0.112. The first-order chi connectivity index (χ1) is 5.54. The summed E-state index contributed by atoms with van der Waals surface area (Å²) in [5.74, 6) is 0. The second-order valence-corrected chi connectivity index (χ2v) is 2.72. The van der Waals surface area contributed by atoms with E-state index in [-0.39, 0.29) is 0 Å². The molecule has 2 amide bonds. The van der Waals surface area contributed by atoms with Crippen molar-refractivity contribution >= 4 is 22.9 Å². The number of carbonyl (C=O) groups is 2. The van der Waals surface area contributed by atoms with Crippen molar-refractivity contribution in [2.24, 2.45) is 11.5 Å². The van der Waals surface area contributed by atoms with Gasteiger partial charge < -0.3 is 16.8 Å². The summed E-state index contributed by atoms with van der Waals surface area (Å²) in [5, 5.41) is 1.81. The minimum absolute atomic E-state index is 0.410. The first kappa shape index (κ1) is 11.2. The molecule has 0 radical (unpaired) electrons. The third-order valence-corrected chi connectivity index (χ3v) is 1.56. The van der Waals surface area contributed by atoms with Crippen molar-refractivity contribution in [2.45, 2.75) is 18.9 Å². The van der Waals surface area contributed by atoms with Gasteiger partial charge in [-0.3, -0.25) is 4.79 Å². The first-order valence-electron chi connectivity index (χ1n) is 3.52. The lowest BCUT2D eigenvalue weighted by atomic mass is 10.2. The molecule has 1 atom stereocenters. The van der Waals surface area contributed by atoms with Gasteiger partial charge in [-0.15, -0.1) is 0 Å². The van der Waals surface area contributed by atoms with Crippen molar-refractivity contribution in [3.05, 3.63) is 0 Å². The number of amides is 2. The molecule has 0 aliphatic carbocycles. The third kappa shape index (κ3) is 5.94. The number of hydrogen-bond donors (Lipinski definition) is 3. The van der Waals surface area contributed by atoms with Gasteiger partial charge in [0.2, 0.25) is 5.24 Å². The van der Waals surface area contributed by atoms with Crippen molar-refractivity contribution in [1.82, 2.24) is 5.32 Å². The Morgan fingerprint density at radius 2 is 2.08 bits per heavy atom. The number of halogens is 1. The number of rotatable bonds is 5. The number of carbonyl (C=O) groups excluding carboxylic acids is 2. The maximum atomic E-state index is 10.4. The molecule has 5 N–H and O–H groups in total. The average Bonchev–Trinajstić information content (AvgIpc) is 1.97. The lowest BCUT2D eigenvalue weighted by Crippen LogP contribution is -2.32. The van der Waals surface area contributed by atoms with Gasteiger partial charge in [-0.1, -0.05) is 0 Å². The Bertz CT molecular complexity index is 174. The molecule has 0 aromatic rings. The number of urea groups is 1. The van der Waals surface area contributed by atoms with E-state index in [1.165, 1.54) is 0 Å². The highest BCUT2D eigenvalue weighted by atomic mass is 35.5. The maximum absolute atomic E-state index is 10.4. The van der Waals surface area contributed by atoms with Crippen LogP contribution in [0.1, 0.15) is 12.8 Å². The van der Waals surface area contributed by atoms with Crippen LogP contribution < -0.4 is 16.8 Å². The minimum Gasteiger partial charge on any atom is -0.352 e. The van der Waals surface area contributed by atoms with Crippen molar-refractivity contribution in [3.8, 4) is 0 Å². The molecule has 0 saturated heterocycles. The van der Waals surface area contributed by atoms with Gasteiger partial charge in [0.05, 0.1) is 6.04 Å². The summed E-state index contributed by atoms with van der Waals surface area (Å²) in [6.45, 7) is 0.410. The molecule has 1 unspecified atom stereocenters. The molecule has 0 heterocycles. The number of primary amides is 1. The van der Waals surface area contributed by atoms with Crippen LogP contribution in [0.25, 0.3) is 0 Å². The van der Waals surface area contributed by atoms with E-state index in [9.17, 15) is 9.59 Å². The zero-order valence-corrected chi connectivity index (χ0v) is 7.30. The van der Waals surface area contributed by atoms with Crippen molar-refractivity contribution in [1.29, 1.82) is 0 Å². The maximum Gasteiger partial charge on any atom is 0.312 e. The van der Waals surface area contributed by atoms with Gasteiger partial charge in [-0.05, 0) is 24.4 Å². The predicted octanol–water partition coefficient (Wildman–Crippen LogP) is -0.472. The summed E-state index contributed by atoms with van der Waals surface area (Å²) < 4.78 is 0. The van der Waals surface area contributed by atoms with Crippen LogP contribution in [-0.2, 0) is 4.79 Å². The Balaban J connectivity index is 3.31. The number of nitrogens with one attached hydrogen (secondary N) is 1. The Labute approximate surface area is 75.4 Å². The monoisotopic (exact) mass is 193 g/mol. The number of nitrogens with two attached hydrogens (primary N) is 2. The van der Waals surface area contributed by atoms with E-state index in [1.807, 2.05) is 0 Å². The minimum atomic E-state index is -0.652. The quantitative estimate of drug-likeness (QED) is 0.407. The lowest BCUT2D eigenvalue weighted by Gasteiger charge is -2.05. The normalized spacial score (nSPS) is 12.2. The molecule has 0 aromatic carbocycles. The molecule has 0 aliphatic rings. The summed E-state index contributed by atoms with van der Waals surface area (Å²) >= 11 is 5.09. The molecule has 70 valence electrons. The van der Waals surface area contributed by atoms with E-state index >= 15 is 0 Å². The van der Waals surface area contributed by atoms with E-state index < -0.39 is 17.3 Å². The Hall–Kier alpha value is -0.810. The molecular weight excluding hydrogens is 182 g/mol. The van der Waals surface area contributed by atoms with Crippen LogP contribution in [0.15, 0.2) is 0 Å². The Morgan fingerprint density at radius 1 is 1.50 bits per heavy atom. The van der Waals surface area contributed by atoms with Gasteiger partial charge in [0, 0.05) is 6.54 Å². The fraction of sp³-hybridized carbons (Fsp3) is 0.667. The highest BCUT2D eigenvalue weighted by molar-refractivity contribution is 6.64. The van der Waals surface area contributed by atoms with E-state index in [4.69, 9.17) is 23.1 Å². The summed E-state index contributed by atoms with van der Waals surface area (Å²) in [6.07, 6.45) is 1.03. The van der Waals surface area contributed by atoms with Gasteiger partial charge in [-0.2, -0.15) is 0 Å². The summed E-state index contributed by atoms with van der Waals surface area (Å²) in [7, 11) is 0. The molecular formula is C6H12ClN3O2. The van der Waals surface area contributed by atoms with Crippen LogP contribution in [0, 0.1) is 0 Å². The highest BCUT2D eigenvalue weighted by Gasteiger charge is 2.08. The molecule has 0 rings (SSSR count). The van der Waals surface area contributed by atoms with Gasteiger partial charge >= 0.3 is 6.03 Å². The molecule has 12 heavy (non-hydrogen) atoms. The standard InChI is InChI=1S/C6H12ClN3O2/c7-5(11)4(8)2-1-3-10-6(9)12/h4H,1-3,8H2,(H3,9,10,12). The average molecular weight is 194 g/mol. The van der Waals surface area contributed by atoms with Gasteiger partial charge in [0.1, 0.15) is 0 Å². The summed E-state index contributed by atoms with van der Waals surface area (Å²) in [5.41, 5.74) is 10.1. The van der Waals surface area contributed by atoms with Gasteiger partial charge in [-0.25, -0.2) is 4.79 Å². The van der Waals surface area contributed by atoms with Crippen molar-refractivity contribution in [3.63, 3.8) is 0 Å². The van der Waals surface area contributed by atoms with Crippen LogP contribution in [0.5, 0.6) is 0 Å². The molecule has 0 aliphatic heterocycles. The third-order valence-electron chi connectivity index (χ3n) is 1.28. The van der Waals surface area contributed by atoms with Gasteiger partial charge in [0.25, 0.3) is 0 Å². The molecule has 0 saturated carbocycles. The van der Waals surface area contributed by atoms with E-state index in [0.717, 1.165) is 0 Å². The molecule has 5 nitrogen and oxygen atoms in total. The summed E-state index contributed by atoms with van der Waals surface area (Å²) in [6, 6.07) is -1.23. The van der Waals surface area contributed by atoms with Crippen LogP contribution in [0.4, 0.5) is 4.79 Å². The van der Waals surface area contributed by atoms with Crippen LogP contribution in [0.3, 0.4) is 0 Å². The second-order valence-electron chi connectivity index (χ2n) is 2.34.